The van der Waals surface area contributed by atoms with Crippen molar-refractivity contribution in [3.63, 3.8) is 0 Å². The normalized spacial score (nSPS) is 5.45. The standard InChI is InChI=1S/Al.Ca.Fe.Mg.Na.H4O4Si.Ti.8H/c;;;;;1-5(2,3)4;;;;;;;;;/h;;;;;1-4H;;;;;;;;;. The molecule has 60 valence electrons. The first-order chi connectivity index (χ1) is 2.00. The van der Waals surface area contributed by atoms with Crippen LogP contribution in [0.5, 0.6) is 0 Å². The molecular weight excluding hydrogens is 310 g/mol. The summed E-state index contributed by atoms with van der Waals surface area (Å²) < 4.78 is 0. The molecule has 0 heterocycles. The van der Waals surface area contributed by atoms with Gasteiger partial charge < -0.3 is 19.2 Å². The summed E-state index contributed by atoms with van der Waals surface area (Å²) in [5.74, 6) is 0. The molecule has 0 aromatic carbocycles. The summed E-state index contributed by atoms with van der Waals surface area (Å²) in [4.78, 5) is 29.3. The first-order valence-corrected chi connectivity index (χ1v) is 2.68. The molecule has 0 aliphatic heterocycles. The fourth-order valence-electron chi connectivity index (χ4n) is 0. The SMILES string of the molecule is O[Si](O)(O)O.[AlH3].[CaH2].[Fe].[MgH2].[NaH].[Ti]. The van der Waals surface area contributed by atoms with Gasteiger partial charge in [-0.05, 0) is 0 Å². The van der Waals surface area contributed by atoms with Gasteiger partial charge in [-0.15, -0.1) is 0 Å². The summed E-state index contributed by atoms with van der Waals surface area (Å²) in [5, 5.41) is 0. The van der Waals surface area contributed by atoms with Crippen molar-refractivity contribution in [1.82, 2.24) is 0 Å². The van der Waals surface area contributed by atoms with Gasteiger partial charge in [-0.1, -0.05) is 0 Å². The van der Waals surface area contributed by atoms with Crippen LogP contribution in [-0.4, -0.2) is 136 Å². The van der Waals surface area contributed by atoms with Crippen LogP contribution in [0.15, 0.2) is 0 Å². The van der Waals surface area contributed by atoms with E-state index in [0.717, 1.165) is 0 Å². The number of hydrogen-bond donors (Lipinski definition) is 4. The van der Waals surface area contributed by atoms with Gasteiger partial charge in [0.15, 0.2) is 17.4 Å². The van der Waals surface area contributed by atoms with E-state index in [2.05, 4.69) is 0 Å². The van der Waals surface area contributed by atoms with Crippen LogP contribution in [0.4, 0.5) is 0 Å². The molecule has 0 saturated heterocycles. The van der Waals surface area contributed by atoms with Gasteiger partial charge in [0.25, 0.3) is 0 Å². The van der Waals surface area contributed by atoms with E-state index in [1.54, 1.807) is 0 Å². The Balaban J connectivity index is -0.00000000533. The molecule has 0 spiro atoms. The molecule has 4 N–H and O–H groups in total. The average Bonchev–Trinajstić information content (AvgIpc) is 0.722. The van der Waals surface area contributed by atoms with Crippen LogP contribution < -0.4 is 0 Å². The van der Waals surface area contributed by atoms with Gasteiger partial charge in [0.1, 0.15) is 0 Å². The molecule has 0 aliphatic carbocycles. The summed E-state index contributed by atoms with van der Waals surface area (Å²) in [7, 11) is -4.61. The summed E-state index contributed by atoms with van der Waals surface area (Å²) in [6.07, 6.45) is 0. The Kier molecular flexibility index (Phi) is 98.2. The molecule has 0 aromatic rings. The molecular formula is H12AlCaFeMgNaO4SiTi. The van der Waals surface area contributed by atoms with Crippen LogP contribution >= 0.6 is 0 Å². The van der Waals surface area contributed by atoms with Crippen LogP contribution in [0.1, 0.15) is 0 Å². The van der Waals surface area contributed by atoms with Crippen LogP contribution in [0.25, 0.3) is 0 Å². The predicted octanol–water partition coefficient (Wildman–Crippen LogP) is -6.28. The third kappa shape index (κ3) is 104. The monoisotopic (exact) mass is 322 g/mol. The number of hydrogen-bond acceptors (Lipinski definition) is 4. The second-order valence-corrected chi connectivity index (χ2v) is 1.80. The smallest absolute Gasteiger partial charge is 0 e. The van der Waals surface area contributed by atoms with Crippen molar-refractivity contribution in [2.45, 2.75) is 0 Å². The van der Waals surface area contributed by atoms with Crippen molar-refractivity contribution in [3.8, 4) is 0 Å². The predicted molar refractivity (Wildman–Crippen MR) is 48.8 cm³/mol. The molecule has 11 heavy (non-hydrogen) atoms. The zero-order valence-corrected chi connectivity index (χ0v) is 6.81. The summed E-state index contributed by atoms with van der Waals surface area (Å²) in [6.45, 7) is 0. The zero-order valence-electron chi connectivity index (χ0n) is 3.14. The molecule has 0 amide bonds. The van der Waals surface area contributed by atoms with Crippen molar-refractivity contribution < 1.29 is 58.0 Å². The van der Waals surface area contributed by atoms with E-state index >= 15 is 0 Å². The van der Waals surface area contributed by atoms with Crippen LogP contribution in [0, 0.1) is 0 Å². The Hall–Kier alpha value is 4.85. The molecule has 0 saturated carbocycles. The molecule has 4 nitrogen and oxygen atoms in total. The van der Waals surface area contributed by atoms with Gasteiger partial charge >= 0.3 is 99.4 Å². The van der Waals surface area contributed by atoms with Crippen molar-refractivity contribution in [2.24, 2.45) is 0 Å². The Morgan fingerprint density at radius 1 is 0.909 bits per heavy atom. The first kappa shape index (κ1) is 44.6. The molecule has 0 atom stereocenters. The Morgan fingerprint density at radius 3 is 0.909 bits per heavy atom. The fraction of sp³-hybridized carbons (Fsp3) is 0. The molecule has 0 fully saturated rings. The minimum absolute atomic E-state index is 0. The van der Waals surface area contributed by atoms with E-state index in [1.807, 2.05) is 0 Å². The Labute approximate surface area is 171 Å². The molecule has 0 aliphatic rings. The number of rotatable bonds is 0. The molecule has 0 rings (SSSR count). The van der Waals surface area contributed by atoms with Gasteiger partial charge in [0.2, 0.25) is 0 Å². The minimum Gasteiger partial charge on any atom is 0 e. The topological polar surface area (TPSA) is 80.9 Å². The molecule has 0 radical (unpaired) electrons. The van der Waals surface area contributed by atoms with Crippen molar-refractivity contribution >= 4 is 117 Å². The van der Waals surface area contributed by atoms with E-state index in [4.69, 9.17) is 19.2 Å². The van der Waals surface area contributed by atoms with Crippen LogP contribution in [0.3, 0.4) is 0 Å². The molecule has 11 heteroatoms. The van der Waals surface area contributed by atoms with E-state index < -0.39 is 9.05 Å². The quantitative estimate of drug-likeness (QED) is 0.335. The van der Waals surface area contributed by atoms with Gasteiger partial charge in [0.05, 0.1) is 0 Å². The molecule has 0 unspecified atom stereocenters. The third-order valence-corrected chi connectivity index (χ3v) is 0. The van der Waals surface area contributed by atoms with Crippen LogP contribution in [-0.2, 0) is 38.8 Å². The maximum Gasteiger partial charge on any atom is 0 e. The second kappa shape index (κ2) is 24.2. The Bertz CT molecular complexity index is 45.6. The van der Waals surface area contributed by atoms with Gasteiger partial charge in [-0.3, -0.25) is 0 Å². The third-order valence-electron chi connectivity index (χ3n) is 0. The maximum absolute atomic E-state index is 7.33. The van der Waals surface area contributed by atoms with Crippen molar-refractivity contribution in [1.29, 1.82) is 0 Å². The van der Waals surface area contributed by atoms with Crippen LogP contribution in [0.2, 0.25) is 0 Å². The van der Waals surface area contributed by atoms with E-state index in [-0.39, 0.29) is 146 Å². The first-order valence-electron chi connectivity index (χ1n) is 0.894. The zero-order chi connectivity index (χ0) is 4.50. The maximum atomic E-state index is 7.33. The largest absolute Gasteiger partial charge is 0 e. The Morgan fingerprint density at radius 2 is 0.909 bits per heavy atom. The fourth-order valence-corrected chi connectivity index (χ4v) is 0. The minimum atomic E-state index is -4.61. The van der Waals surface area contributed by atoms with Crippen molar-refractivity contribution in [2.75, 3.05) is 0 Å². The summed E-state index contributed by atoms with van der Waals surface area (Å²) in [6, 6.07) is 0. The van der Waals surface area contributed by atoms with E-state index in [1.165, 1.54) is 0 Å². The van der Waals surface area contributed by atoms with Gasteiger partial charge in [-0.2, -0.15) is 0 Å². The molecule has 0 aromatic heterocycles. The average molecular weight is 322 g/mol. The van der Waals surface area contributed by atoms with Gasteiger partial charge in [-0.25, -0.2) is 0 Å². The van der Waals surface area contributed by atoms with E-state index in [9.17, 15) is 0 Å². The molecule has 0 bridgehead atoms. The summed E-state index contributed by atoms with van der Waals surface area (Å²) in [5.41, 5.74) is 0. The van der Waals surface area contributed by atoms with Gasteiger partial charge in [0, 0.05) is 38.8 Å². The van der Waals surface area contributed by atoms with Crippen molar-refractivity contribution in [3.05, 3.63) is 0 Å². The summed E-state index contributed by atoms with van der Waals surface area (Å²) >= 11 is 0. The second-order valence-electron chi connectivity index (χ2n) is 0.600. The van der Waals surface area contributed by atoms with E-state index in [0.29, 0.717) is 0 Å².